The maximum atomic E-state index is 12.4. The summed E-state index contributed by atoms with van der Waals surface area (Å²) in [6.07, 6.45) is 22.5. The van der Waals surface area contributed by atoms with E-state index in [0.717, 1.165) is 90.2 Å². The van der Waals surface area contributed by atoms with E-state index in [1.54, 1.807) is 101 Å². The lowest BCUT2D eigenvalue weighted by atomic mass is 10.1. The molecule has 0 spiro atoms. The zero-order valence-corrected chi connectivity index (χ0v) is 62.4. The van der Waals surface area contributed by atoms with Crippen LogP contribution in [0, 0.1) is 27.7 Å². The van der Waals surface area contributed by atoms with E-state index >= 15 is 0 Å². The summed E-state index contributed by atoms with van der Waals surface area (Å²) >= 11 is 7.91. The topological polar surface area (TPSA) is 547 Å². The van der Waals surface area contributed by atoms with Crippen LogP contribution in [0.25, 0.3) is 55.0 Å². The van der Waals surface area contributed by atoms with E-state index < -0.39 is 46.7 Å². The van der Waals surface area contributed by atoms with Gasteiger partial charge in [0.15, 0.2) is 38.3 Å². The minimum absolute atomic E-state index is 0.0170. The lowest BCUT2D eigenvalue weighted by Crippen LogP contribution is -2.36. The van der Waals surface area contributed by atoms with Gasteiger partial charge in [0.2, 0.25) is 26.6 Å². The largest absolute Gasteiger partial charge is 0.476 e. The highest BCUT2D eigenvalue weighted by Crippen LogP contribution is 2.25. The van der Waals surface area contributed by atoms with Crippen LogP contribution < -0.4 is 27.6 Å². The molecule has 12 rings (SSSR count). The number of rotatable bonds is 19. The number of carboxylic acids is 1. The van der Waals surface area contributed by atoms with Crippen LogP contribution in [0.4, 0.5) is 0 Å². The third-order valence-corrected chi connectivity index (χ3v) is 15.6. The average Bonchev–Trinajstić information content (AvgIpc) is 1.07. The number of hydrogen-bond acceptors (Lipinski definition) is 37. The molecule has 0 radical (unpaired) electrons. The molecule has 0 aliphatic carbocycles. The SMILES string of the molecule is CCOC(=O)C(=O)Cl.CCOC(=O)C(=O)NCC(=O)c1ncccn1.CCOC(=O)c1nnc(-c2ncccn2)s1.Cc1cc(-c2ncc(CN)cc2C)ccn1.Cc1cc(-c2ncc(CNC(=O)c3nnc(-c4ncccn4)s3)cc2C)ccn1.NNC(=O)c1ncccn1.O=C(O)c1nnc(-c2ncccn2)s1. The summed E-state index contributed by atoms with van der Waals surface area (Å²) in [5, 5.41) is 37.0. The van der Waals surface area contributed by atoms with Gasteiger partial charge >= 0.3 is 40.9 Å². The van der Waals surface area contributed by atoms with Crippen molar-refractivity contribution in [3.8, 4) is 55.0 Å². The molecule has 0 aliphatic rings. The van der Waals surface area contributed by atoms with E-state index in [1.807, 2.05) is 68.9 Å². The van der Waals surface area contributed by atoms with Crippen molar-refractivity contribution in [2.75, 3.05) is 26.4 Å². The first-order valence-electron chi connectivity index (χ1n) is 31.9. The van der Waals surface area contributed by atoms with Crippen LogP contribution in [0.1, 0.15) is 105 Å². The summed E-state index contributed by atoms with van der Waals surface area (Å²) in [6, 6.07) is 20.3. The number of aryl methyl sites for hydroxylation is 4. The molecule has 12 aromatic rings. The quantitative estimate of drug-likeness (QED) is 0.00812. The Labute approximate surface area is 642 Å². The van der Waals surface area contributed by atoms with Crippen LogP contribution in [0.15, 0.2) is 153 Å². The summed E-state index contributed by atoms with van der Waals surface area (Å²) < 4.78 is 13.4. The van der Waals surface area contributed by atoms with Crippen LogP contribution in [0.5, 0.6) is 0 Å². The second-order valence-electron chi connectivity index (χ2n) is 20.7. The maximum absolute atomic E-state index is 12.4. The third-order valence-electron chi connectivity index (χ3n) is 12.7. The fourth-order valence-corrected chi connectivity index (χ4v) is 10.0. The lowest BCUT2D eigenvalue weighted by molar-refractivity contribution is -0.154. The number of ketones is 1. The van der Waals surface area contributed by atoms with Gasteiger partial charge in [-0.1, -0.05) is 46.1 Å². The van der Waals surface area contributed by atoms with Crippen LogP contribution in [0.2, 0.25) is 0 Å². The number of halogens is 1. The van der Waals surface area contributed by atoms with Crippen molar-refractivity contribution in [3.05, 3.63) is 214 Å². The number of nitrogens with one attached hydrogen (secondary N) is 3. The van der Waals surface area contributed by atoms with Crippen LogP contribution in [-0.2, 0) is 46.5 Å². The van der Waals surface area contributed by atoms with Crippen molar-refractivity contribution < 1.29 is 62.5 Å². The summed E-state index contributed by atoms with van der Waals surface area (Å²) in [4.78, 5) is 154. The van der Waals surface area contributed by atoms with E-state index in [-0.39, 0.29) is 52.3 Å². The molecule has 0 atom stereocenters. The van der Waals surface area contributed by atoms with Gasteiger partial charge in [0.05, 0.1) is 37.8 Å². The van der Waals surface area contributed by atoms with Crippen molar-refractivity contribution in [1.82, 2.24) is 116 Å². The number of nitrogens with two attached hydrogens (primary N) is 2. The molecular weight excluding hydrogens is 1510 g/mol. The number of nitrogen functional groups attached to an aromatic ring is 1. The number of pyridine rings is 4. The molecule has 566 valence electrons. The molecule has 42 heteroatoms. The lowest BCUT2D eigenvalue weighted by Gasteiger charge is -2.09. The Bertz CT molecular complexity index is 5010. The number of hydrazine groups is 1. The average molecular weight is 1570 g/mol. The molecule has 12 heterocycles. The summed E-state index contributed by atoms with van der Waals surface area (Å²) in [5.41, 5.74) is 17.6. The van der Waals surface area contributed by atoms with Crippen molar-refractivity contribution in [1.29, 1.82) is 0 Å². The second kappa shape index (κ2) is 45.8. The number of hydrogen-bond donors (Lipinski definition) is 6. The van der Waals surface area contributed by atoms with Gasteiger partial charge in [-0.2, -0.15) is 0 Å². The van der Waals surface area contributed by atoms with Gasteiger partial charge in [-0.25, -0.2) is 74.9 Å². The van der Waals surface area contributed by atoms with Gasteiger partial charge in [0.1, 0.15) is 0 Å². The predicted octanol–water partition coefficient (Wildman–Crippen LogP) is 5.82. The smallest absolute Gasteiger partial charge is 0.396 e. The number of amides is 3. The van der Waals surface area contributed by atoms with E-state index in [9.17, 15) is 43.2 Å². The number of carbonyl (C=O) groups excluding carboxylic acids is 8. The van der Waals surface area contributed by atoms with Crippen molar-refractivity contribution in [3.63, 3.8) is 0 Å². The predicted molar refractivity (Wildman–Crippen MR) is 396 cm³/mol. The highest BCUT2D eigenvalue weighted by Gasteiger charge is 2.20. The maximum Gasteiger partial charge on any atom is 0.396 e. The zero-order valence-electron chi connectivity index (χ0n) is 59.2. The first-order valence-corrected chi connectivity index (χ1v) is 34.8. The summed E-state index contributed by atoms with van der Waals surface area (Å²) in [7, 11) is 0. The summed E-state index contributed by atoms with van der Waals surface area (Å²) in [5.74, 6) is 0.373. The van der Waals surface area contributed by atoms with Gasteiger partial charge in [0.25, 0.3) is 5.91 Å². The second-order valence-corrected chi connectivity index (χ2v) is 24.0. The molecule has 38 nitrogen and oxygen atoms in total. The molecule has 0 saturated heterocycles. The van der Waals surface area contributed by atoms with Crippen molar-refractivity contribution in [2.24, 2.45) is 11.6 Å². The summed E-state index contributed by atoms with van der Waals surface area (Å²) in [6.45, 7) is 14.0. The van der Waals surface area contributed by atoms with Crippen molar-refractivity contribution >= 4 is 98.2 Å². The highest BCUT2D eigenvalue weighted by atomic mass is 35.5. The molecule has 0 aromatic carbocycles. The van der Waals surface area contributed by atoms with Gasteiger partial charge in [-0.15, -0.1) is 30.6 Å². The number of esters is 3. The van der Waals surface area contributed by atoms with Crippen molar-refractivity contribution in [2.45, 2.75) is 61.6 Å². The first kappa shape index (κ1) is 85.4. The van der Waals surface area contributed by atoms with Gasteiger partial charge in [-0.05, 0) is 137 Å². The molecule has 0 unspecified atom stereocenters. The molecule has 12 aromatic heterocycles. The number of aromatic carboxylic acids is 1. The van der Waals surface area contributed by atoms with Gasteiger partial charge < -0.3 is 35.7 Å². The number of Topliss-reactive ketones (excluding diaryl/α,β-unsaturated/α-hetero) is 1. The van der Waals surface area contributed by atoms with Gasteiger partial charge in [-0.3, -0.25) is 49.3 Å². The molecule has 8 N–H and O–H groups in total. The standard InChI is InChI=1S/C20H17N7OS.C13H15N3.C10H11N3O4.C9H8N4O2S.C7H4N4O2S.C5H6N4O.C4H5ClO3/c1-12-8-14(10-24-16(12)15-4-7-21-13(2)9-15)11-25-18(28)20-27-26-19(29-20)17-22-5-3-6-23-17;1-9-5-11(7-14)8-16-13(9)12-3-4-15-10(2)6-12;1-2-17-10(16)9(15)13-6-7(14)8-11-4-3-5-12-8;1-2-15-9(14)8-13-12-7(16-8)6-10-4-3-5-11-6;12-7(13)6-11-10-5(14-6)4-8-2-1-3-9-4;6-9-5(10)4-7-2-1-3-8-4;1-2-8-4(7)3(5)6/h3-10H,11H2,1-2H3,(H,25,28);3-6,8H,7,14H2,1-2H3;3-5H,2,6H2,1H3,(H,13,15);3-5H,2H2,1H3;1-3H,(H,12,13);1-3H,6H2,(H,9,10);2H2,1H3. The Morgan fingerprint density at radius 2 is 0.873 bits per heavy atom. The van der Waals surface area contributed by atoms with Crippen LogP contribution >= 0.6 is 45.6 Å². The Kier molecular flexibility index (Phi) is 35.6. The number of carboxylic acid groups (broad SMARTS) is 1. The van der Waals surface area contributed by atoms with Crippen LogP contribution in [0.3, 0.4) is 0 Å². The first-order chi connectivity index (χ1) is 53.1. The number of carbonyl (C=O) groups is 9. The Hall–Kier alpha value is -13.5. The third kappa shape index (κ3) is 28.4. The molecule has 0 fully saturated rings. The number of aromatic nitrogens is 20. The molecule has 110 heavy (non-hydrogen) atoms. The zero-order chi connectivity index (χ0) is 79.7. The number of nitrogens with zero attached hydrogens (tertiary/aromatic N) is 20. The minimum Gasteiger partial charge on any atom is -0.476 e. The van der Waals surface area contributed by atoms with E-state index in [1.165, 1.54) is 24.8 Å². The van der Waals surface area contributed by atoms with Gasteiger partial charge in [0, 0.05) is 122 Å². The molecule has 0 aliphatic heterocycles. The highest BCUT2D eigenvalue weighted by molar-refractivity contribution is 7.17. The Morgan fingerprint density at radius 3 is 1.28 bits per heavy atom. The fraction of sp³-hybridized carbons (Fsp3) is 0.191. The van der Waals surface area contributed by atoms with E-state index in [0.29, 0.717) is 52.2 Å². The Balaban J connectivity index is 0.000000208. The van der Waals surface area contributed by atoms with E-state index in [4.69, 9.17) is 33.0 Å². The molecule has 0 bridgehead atoms. The monoisotopic (exact) mass is 1570 g/mol. The normalized spacial score (nSPS) is 9.95. The fourth-order valence-electron chi connectivity index (χ4n) is 7.97. The number of ether oxygens (including phenoxy) is 3. The minimum atomic E-state index is -1.09. The van der Waals surface area contributed by atoms with E-state index in [2.05, 4.69) is 133 Å². The van der Waals surface area contributed by atoms with Crippen LogP contribution in [-0.4, -0.2) is 184 Å². The molecular formula is C68H66ClN25O13S3. The Morgan fingerprint density at radius 1 is 0.464 bits per heavy atom. The molecule has 0 saturated carbocycles. The molecule has 3 amide bonds.